The van der Waals surface area contributed by atoms with E-state index in [2.05, 4.69) is 52.8 Å². The number of likely N-dealkylation sites (tertiary alicyclic amines) is 1. The Balaban J connectivity index is 1.47. The lowest BCUT2D eigenvalue weighted by molar-refractivity contribution is 0.286. The number of para-hydroxylation sites is 1. The van der Waals surface area contributed by atoms with Crippen molar-refractivity contribution in [3.63, 3.8) is 0 Å². The van der Waals surface area contributed by atoms with Crippen molar-refractivity contribution in [1.29, 1.82) is 0 Å². The summed E-state index contributed by atoms with van der Waals surface area (Å²) in [5, 5.41) is 5.82. The van der Waals surface area contributed by atoms with E-state index in [1.165, 1.54) is 11.1 Å². The standard InChI is InChI=1S/C18H21N3O/c1-13-9-14(2)21(19-13)16-7-8-20(11-16)12-17-10-15-5-3-4-6-18(15)22-17/h3-6,9-10,16H,7-8,11-12H2,1-2H3/t16-/m0/s1. The monoisotopic (exact) mass is 295 g/mol. The van der Waals surface area contributed by atoms with Crippen LogP contribution in [0.1, 0.15) is 29.6 Å². The topological polar surface area (TPSA) is 34.2 Å². The van der Waals surface area contributed by atoms with Crippen molar-refractivity contribution in [1.82, 2.24) is 14.7 Å². The molecule has 1 saturated heterocycles. The van der Waals surface area contributed by atoms with Gasteiger partial charge in [-0.1, -0.05) is 18.2 Å². The quantitative estimate of drug-likeness (QED) is 0.739. The highest BCUT2D eigenvalue weighted by Crippen LogP contribution is 2.26. The van der Waals surface area contributed by atoms with E-state index in [4.69, 9.17) is 4.42 Å². The van der Waals surface area contributed by atoms with E-state index in [0.29, 0.717) is 6.04 Å². The maximum absolute atomic E-state index is 5.93. The van der Waals surface area contributed by atoms with Gasteiger partial charge < -0.3 is 4.42 Å². The molecule has 4 rings (SSSR count). The van der Waals surface area contributed by atoms with Crippen molar-refractivity contribution in [3.05, 3.63) is 53.5 Å². The number of nitrogens with zero attached hydrogens (tertiary/aromatic N) is 3. The van der Waals surface area contributed by atoms with Gasteiger partial charge in [0, 0.05) is 24.2 Å². The van der Waals surface area contributed by atoms with Crippen molar-refractivity contribution in [3.8, 4) is 0 Å². The Labute approximate surface area is 130 Å². The number of fused-ring (bicyclic) bond motifs is 1. The molecule has 0 radical (unpaired) electrons. The Morgan fingerprint density at radius 1 is 1.23 bits per heavy atom. The Hall–Kier alpha value is -2.07. The summed E-state index contributed by atoms with van der Waals surface area (Å²) in [6, 6.07) is 13.0. The number of benzene rings is 1. The van der Waals surface area contributed by atoms with Crippen molar-refractivity contribution in [2.24, 2.45) is 0 Å². The number of rotatable bonds is 3. The minimum Gasteiger partial charge on any atom is -0.460 e. The fourth-order valence-corrected chi connectivity index (χ4v) is 3.51. The number of aryl methyl sites for hydroxylation is 2. The molecule has 2 aromatic heterocycles. The zero-order valence-electron chi connectivity index (χ0n) is 13.1. The number of furan rings is 1. The fraction of sp³-hybridized carbons (Fsp3) is 0.389. The molecular weight excluding hydrogens is 274 g/mol. The summed E-state index contributed by atoms with van der Waals surface area (Å²) in [6.45, 7) is 7.22. The van der Waals surface area contributed by atoms with E-state index in [-0.39, 0.29) is 0 Å². The van der Waals surface area contributed by atoms with Crippen molar-refractivity contribution in [2.45, 2.75) is 32.9 Å². The predicted octanol–water partition coefficient (Wildman–Crippen LogP) is 3.69. The molecule has 114 valence electrons. The lowest BCUT2D eigenvalue weighted by atomic mass is 10.2. The van der Waals surface area contributed by atoms with E-state index >= 15 is 0 Å². The molecule has 3 aromatic rings. The lowest BCUT2D eigenvalue weighted by Crippen LogP contribution is -2.21. The average Bonchev–Trinajstić information content (AvgIpc) is 3.17. The molecule has 0 N–H and O–H groups in total. The third-order valence-corrected chi connectivity index (χ3v) is 4.49. The molecule has 1 aromatic carbocycles. The maximum Gasteiger partial charge on any atom is 0.134 e. The van der Waals surface area contributed by atoms with Gasteiger partial charge in [0.25, 0.3) is 0 Å². The second-order valence-electron chi connectivity index (χ2n) is 6.30. The molecule has 1 aliphatic heterocycles. The highest BCUT2D eigenvalue weighted by molar-refractivity contribution is 5.77. The molecule has 0 aliphatic carbocycles. The normalized spacial score (nSPS) is 19.3. The van der Waals surface area contributed by atoms with E-state index in [9.17, 15) is 0 Å². The van der Waals surface area contributed by atoms with Crippen LogP contribution < -0.4 is 0 Å². The van der Waals surface area contributed by atoms with Crippen molar-refractivity contribution >= 4 is 11.0 Å². The summed E-state index contributed by atoms with van der Waals surface area (Å²) in [6.07, 6.45) is 1.15. The summed E-state index contributed by atoms with van der Waals surface area (Å²) in [5.74, 6) is 1.05. The van der Waals surface area contributed by atoms with Crippen LogP contribution in [0.4, 0.5) is 0 Å². The van der Waals surface area contributed by atoms with Gasteiger partial charge in [-0.25, -0.2) is 0 Å². The maximum atomic E-state index is 5.93. The minimum absolute atomic E-state index is 0.484. The minimum atomic E-state index is 0.484. The van der Waals surface area contributed by atoms with E-state index < -0.39 is 0 Å². The first-order valence-electron chi connectivity index (χ1n) is 7.91. The highest BCUT2D eigenvalue weighted by atomic mass is 16.3. The van der Waals surface area contributed by atoms with Gasteiger partial charge >= 0.3 is 0 Å². The molecule has 0 spiro atoms. The number of hydrogen-bond acceptors (Lipinski definition) is 3. The van der Waals surface area contributed by atoms with Crippen LogP contribution in [0, 0.1) is 13.8 Å². The van der Waals surface area contributed by atoms with E-state index in [1.807, 2.05) is 12.1 Å². The predicted molar refractivity (Wildman–Crippen MR) is 86.8 cm³/mol. The molecule has 4 heteroatoms. The first-order valence-corrected chi connectivity index (χ1v) is 7.91. The molecule has 1 atom stereocenters. The third kappa shape index (κ3) is 2.44. The van der Waals surface area contributed by atoms with Crippen LogP contribution in [0.15, 0.2) is 40.8 Å². The molecule has 1 aliphatic rings. The summed E-state index contributed by atoms with van der Waals surface area (Å²) in [5.41, 5.74) is 3.34. The van der Waals surface area contributed by atoms with Gasteiger partial charge in [0.05, 0.1) is 18.3 Å². The van der Waals surface area contributed by atoms with E-state index in [1.54, 1.807) is 0 Å². The Bertz CT molecular complexity index is 769. The molecule has 3 heterocycles. The molecule has 0 unspecified atom stereocenters. The Morgan fingerprint density at radius 3 is 2.86 bits per heavy atom. The lowest BCUT2D eigenvalue weighted by Gasteiger charge is -2.15. The van der Waals surface area contributed by atoms with Crippen LogP contribution in [-0.4, -0.2) is 27.8 Å². The molecule has 4 nitrogen and oxygen atoms in total. The van der Waals surface area contributed by atoms with Gasteiger partial charge in [-0.2, -0.15) is 5.10 Å². The van der Waals surface area contributed by atoms with Gasteiger partial charge in [0.2, 0.25) is 0 Å². The molecular formula is C18H21N3O. The summed E-state index contributed by atoms with van der Waals surface area (Å²) in [7, 11) is 0. The van der Waals surface area contributed by atoms with Gasteiger partial charge in [-0.15, -0.1) is 0 Å². The second-order valence-corrected chi connectivity index (χ2v) is 6.30. The molecule has 1 fully saturated rings. The van der Waals surface area contributed by atoms with Crippen LogP contribution in [0.3, 0.4) is 0 Å². The van der Waals surface area contributed by atoms with Crippen LogP contribution in [0.25, 0.3) is 11.0 Å². The summed E-state index contributed by atoms with van der Waals surface area (Å²) >= 11 is 0. The van der Waals surface area contributed by atoms with Gasteiger partial charge in [-0.3, -0.25) is 9.58 Å². The molecule has 22 heavy (non-hydrogen) atoms. The number of hydrogen-bond donors (Lipinski definition) is 0. The zero-order valence-corrected chi connectivity index (χ0v) is 13.1. The molecule has 0 amide bonds. The highest BCUT2D eigenvalue weighted by Gasteiger charge is 2.26. The second kappa shape index (κ2) is 5.29. The van der Waals surface area contributed by atoms with Crippen LogP contribution >= 0.6 is 0 Å². The molecule has 0 bridgehead atoms. The SMILES string of the molecule is Cc1cc(C)n([C@H]2CCN(Cc3cc4ccccc4o3)C2)n1. The number of aromatic nitrogens is 2. The first kappa shape index (κ1) is 13.6. The largest absolute Gasteiger partial charge is 0.460 e. The van der Waals surface area contributed by atoms with Crippen LogP contribution in [0.5, 0.6) is 0 Å². The van der Waals surface area contributed by atoms with Gasteiger partial charge in [0.15, 0.2) is 0 Å². The van der Waals surface area contributed by atoms with Crippen LogP contribution in [-0.2, 0) is 6.54 Å². The van der Waals surface area contributed by atoms with Gasteiger partial charge in [-0.05, 0) is 38.5 Å². The van der Waals surface area contributed by atoms with Crippen molar-refractivity contribution < 1.29 is 4.42 Å². The van der Waals surface area contributed by atoms with Crippen LogP contribution in [0.2, 0.25) is 0 Å². The first-order chi connectivity index (χ1) is 10.7. The fourth-order valence-electron chi connectivity index (χ4n) is 3.51. The van der Waals surface area contributed by atoms with E-state index in [0.717, 1.165) is 43.1 Å². The molecule has 0 saturated carbocycles. The third-order valence-electron chi connectivity index (χ3n) is 4.49. The average molecular weight is 295 g/mol. The summed E-state index contributed by atoms with van der Waals surface area (Å²) < 4.78 is 8.12. The van der Waals surface area contributed by atoms with Gasteiger partial charge in [0.1, 0.15) is 11.3 Å². The Kier molecular flexibility index (Phi) is 3.26. The summed E-state index contributed by atoms with van der Waals surface area (Å²) in [4.78, 5) is 2.46. The Morgan fingerprint density at radius 2 is 2.09 bits per heavy atom. The smallest absolute Gasteiger partial charge is 0.134 e. The zero-order chi connectivity index (χ0) is 15.1. The van der Waals surface area contributed by atoms with Crippen molar-refractivity contribution in [2.75, 3.05) is 13.1 Å².